The van der Waals surface area contributed by atoms with Crippen molar-refractivity contribution in [1.82, 2.24) is 5.32 Å². The Morgan fingerprint density at radius 1 is 1.00 bits per heavy atom. The van der Waals surface area contributed by atoms with Gasteiger partial charge in [0, 0.05) is 16.7 Å². The minimum absolute atomic E-state index is 0.0506. The lowest BCUT2D eigenvalue weighted by atomic mass is 9.91. The lowest BCUT2D eigenvalue weighted by Crippen LogP contribution is -2.40. The number of carbonyl (C=O) groups excluding carboxylic acids is 2. The molecule has 1 aromatic heterocycles. The van der Waals surface area contributed by atoms with E-state index in [-0.39, 0.29) is 39.3 Å². The first-order chi connectivity index (χ1) is 17.3. The molecule has 37 heavy (non-hydrogen) atoms. The zero-order chi connectivity index (χ0) is 27.2. The average Bonchev–Trinajstić information content (AvgIpc) is 3.18. The third kappa shape index (κ3) is 4.79. The molecule has 0 fully saturated rings. The minimum atomic E-state index is -0.886. The quantitative estimate of drug-likeness (QED) is 0.332. The summed E-state index contributed by atoms with van der Waals surface area (Å²) >= 11 is 0. The van der Waals surface area contributed by atoms with Crippen LogP contribution in [0.15, 0.2) is 46.9 Å². The van der Waals surface area contributed by atoms with E-state index in [2.05, 4.69) is 5.32 Å². The summed E-state index contributed by atoms with van der Waals surface area (Å²) in [6, 6.07) is 10.2. The summed E-state index contributed by atoms with van der Waals surface area (Å²) in [4.78, 5) is 25.6. The van der Waals surface area contributed by atoms with Gasteiger partial charge in [-0.05, 0) is 93.8 Å². The molecule has 3 N–H and O–H groups in total. The largest absolute Gasteiger partial charge is 0.496 e. The standard InChI is InChI=1S/C29H28F2N2O4/c1-14-11-20(36-6)19(28(35)33-29(3,4)5)13-18(14)22-15(2)12-21-23(25(22)31)24(27(32)34)26(37-21)16-7-9-17(30)10-8-16/h7-13H,1-6H3,(H2,32,34)(H,33,35). The van der Waals surface area contributed by atoms with Gasteiger partial charge in [-0.15, -0.1) is 0 Å². The molecule has 0 unspecified atom stereocenters. The Morgan fingerprint density at radius 3 is 2.22 bits per heavy atom. The number of ether oxygens (including phenoxy) is 1. The maximum atomic E-state index is 16.3. The molecular weight excluding hydrogens is 478 g/mol. The molecule has 4 aromatic rings. The van der Waals surface area contributed by atoms with Crippen LogP contribution in [0.3, 0.4) is 0 Å². The highest BCUT2D eigenvalue weighted by Gasteiger charge is 2.28. The predicted molar refractivity (Wildman–Crippen MR) is 139 cm³/mol. The van der Waals surface area contributed by atoms with Crippen LogP contribution < -0.4 is 15.8 Å². The fourth-order valence-electron chi connectivity index (χ4n) is 4.41. The summed E-state index contributed by atoms with van der Waals surface area (Å²) < 4.78 is 41.1. The number of nitrogens with two attached hydrogens (primary N) is 1. The van der Waals surface area contributed by atoms with Crippen molar-refractivity contribution in [2.24, 2.45) is 5.73 Å². The molecule has 0 spiro atoms. The first-order valence-electron chi connectivity index (χ1n) is 11.6. The number of hydrogen-bond acceptors (Lipinski definition) is 4. The van der Waals surface area contributed by atoms with Crippen molar-refractivity contribution in [3.63, 3.8) is 0 Å². The van der Waals surface area contributed by atoms with Crippen LogP contribution in [-0.4, -0.2) is 24.5 Å². The molecule has 4 rings (SSSR count). The summed E-state index contributed by atoms with van der Waals surface area (Å²) in [7, 11) is 1.46. The highest BCUT2D eigenvalue weighted by molar-refractivity contribution is 6.12. The van der Waals surface area contributed by atoms with E-state index in [1.54, 1.807) is 32.0 Å². The van der Waals surface area contributed by atoms with Crippen molar-refractivity contribution in [3.05, 3.63) is 76.4 Å². The number of carbonyl (C=O) groups is 2. The molecule has 0 saturated heterocycles. The number of furan rings is 1. The minimum Gasteiger partial charge on any atom is -0.496 e. The number of rotatable bonds is 5. The molecule has 0 saturated carbocycles. The van der Waals surface area contributed by atoms with Gasteiger partial charge >= 0.3 is 0 Å². The Bertz CT molecular complexity index is 1550. The first-order valence-corrected chi connectivity index (χ1v) is 11.6. The lowest BCUT2D eigenvalue weighted by Gasteiger charge is -2.22. The van der Waals surface area contributed by atoms with E-state index in [1.165, 1.54) is 31.4 Å². The average molecular weight is 507 g/mol. The van der Waals surface area contributed by atoms with Crippen LogP contribution >= 0.6 is 0 Å². The first kappa shape index (κ1) is 25.9. The second-order valence-corrected chi connectivity index (χ2v) is 10.0. The van der Waals surface area contributed by atoms with Crippen molar-refractivity contribution in [2.75, 3.05) is 7.11 Å². The zero-order valence-corrected chi connectivity index (χ0v) is 21.5. The van der Waals surface area contributed by atoms with Crippen LogP contribution in [0.25, 0.3) is 33.4 Å². The van der Waals surface area contributed by atoms with Crippen LogP contribution in [0.5, 0.6) is 5.75 Å². The van der Waals surface area contributed by atoms with Crippen molar-refractivity contribution in [2.45, 2.75) is 40.2 Å². The molecule has 8 heteroatoms. The van der Waals surface area contributed by atoms with Gasteiger partial charge in [0.05, 0.1) is 23.6 Å². The number of hydrogen-bond donors (Lipinski definition) is 2. The summed E-state index contributed by atoms with van der Waals surface area (Å²) in [6.45, 7) is 9.05. The van der Waals surface area contributed by atoms with E-state index in [0.29, 0.717) is 28.0 Å². The smallest absolute Gasteiger partial charge is 0.255 e. The molecular formula is C29H28F2N2O4. The van der Waals surface area contributed by atoms with Crippen LogP contribution in [0.2, 0.25) is 0 Å². The van der Waals surface area contributed by atoms with E-state index in [9.17, 15) is 14.0 Å². The van der Waals surface area contributed by atoms with E-state index >= 15 is 4.39 Å². The van der Waals surface area contributed by atoms with Crippen molar-refractivity contribution < 1.29 is 27.5 Å². The Morgan fingerprint density at radius 2 is 1.65 bits per heavy atom. The fraction of sp³-hybridized carbons (Fsp3) is 0.241. The Hall–Kier alpha value is -4.20. The van der Waals surface area contributed by atoms with Gasteiger partial charge < -0.3 is 20.2 Å². The molecule has 0 atom stereocenters. The molecule has 3 aromatic carbocycles. The summed E-state index contributed by atoms with van der Waals surface area (Å²) in [5.41, 5.74) is 7.62. The van der Waals surface area contributed by atoms with Gasteiger partial charge in [-0.2, -0.15) is 0 Å². The van der Waals surface area contributed by atoms with Gasteiger partial charge in [-0.3, -0.25) is 9.59 Å². The number of benzene rings is 3. The predicted octanol–water partition coefficient (Wildman–Crippen LogP) is 6.30. The molecule has 0 radical (unpaired) electrons. The van der Waals surface area contributed by atoms with Crippen molar-refractivity contribution in [3.8, 4) is 28.2 Å². The number of halogens is 2. The van der Waals surface area contributed by atoms with Gasteiger partial charge in [0.25, 0.3) is 11.8 Å². The number of methoxy groups -OCH3 is 1. The maximum Gasteiger partial charge on any atom is 0.255 e. The van der Waals surface area contributed by atoms with Gasteiger partial charge in [-0.1, -0.05) is 0 Å². The number of amides is 2. The number of primary amides is 1. The van der Waals surface area contributed by atoms with Crippen LogP contribution in [0.1, 0.15) is 52.6 Å². The number of nitrogens with one attached hydrogen (secondary N) is 1. The number of aryl methyl sites for hydroxylation is 2. The molecule has 192 valence electrons. The molecule has 6 nitrogen and oxygen atoms in total. The van der Waals surface area contributed by atoms with Crippen LogP contribution in [0.4, 0.5) is 8.78 Å². The van der Waals surface area contributed by atoms with E-state index < -0.39 is 23.1 Å². The molecule has 0 aliphatic rings. The van der Waals surface area contributed by atoms with Crippen LogP contribution in [0, 0.1) is 25.5 Å². The molecule has 0 bridgehead atoms. The third-order valence-electron chi connectivity index (χ3n) is 6.02. The summed E-state index contributed by atoms with van der Waals surface area (Å²) in [5.74, 6) is -2.04. The molecule has 0 aliphatic carbocycles. The van der Waals surface area contributed by atoms with Crippen molar-refractivity contribution >= 4 is 22.8 Å². The van der Waals surface area contributed by atoms with Crippen LogP contribution in [-0.2, 0) is 0 Å². The maximum absolute atomic E-state index is 16.3. The van der Waals surface area contributed by atoms with E-state index in [1.807, 2.05) is 20.8 Å². The molecule has 0 aliphatic heterocycles. The van der Waals surface area contributed by atoms with Gasteiger partial charge in [0.2, 0.25) is 0 Å². The van der Waals surface area contributed by atoms with E-state index in [4.69, 9.17) is 14.9 Å². The topological polar surface area (TPSA) is 94.6 Å². The summed E-state index contributed by atoms with van der Waals surface area (Å²) in [5, 5.41) is 2.82. The number of fused-ring (bicyclic) bond motifs is 1. The lowest BCUT2D eigenvalue weighted by molar-refractivity contribution is 0.0915. The molecule has 1 heterocycles. The monoisotopic (exact) mass is 506 g/mol. The van der Waals surface area contributed by atoms with Gasteiger partial charge in [-0.25, -0.2) is 8.78 Å². The second kappa shape index (κ2) is 9.35. The molecule has 2 amide bonds. The highest BCUT2D eigenvalue weighted by atomic mass is 19.1. The normalized spacial score (nSPS) is 11.6. The Balaban J connectivity index is 2.00. The fourth-order valence-corrected chi connectivity index (χ4v) is 4.41. The van der Waals surface area contributed by atoms with Gasteiger partial charge in [0.1, 0.15) is 28.7 Å². The van der Waals surface area contributed by atoms with Crippen molar-refractivity contribution in [1.29, 1.82) is 0 Å². The highest BCUT2D eigenvalue weighted by Crippen LogP contribution is 2.42. The SMILES string of the molecule is COc1cc(C)c(-c2c(C)cc3oc(-c4ccc(F)cc4)c(C(N)=O)c3c2F)cc1C(=O)NC(C)(C)C. The van der Waals surface area contributed by atoms with E-state index in [0.717, 1.165) is 0 Å². The second-order valence-electron chi connectivity index (χ2n) is 10.0. The zero-order valence-electron chi connectivity index (χ0n) is 21.5. The summed E-state index contributed by atoms with van der Waals surface area (Å²) in [6.07, 6.45) is 0. The Labute approximate surface area is 213 Å². The third-order valence-corrected chi connectivity index (χ3v) is 6.02. The van der Waals surface area contributed by atoms with Gasteiger partial charge in [0.15, 0.2) is 0 Å². The Kier molecular flexibility index (Phi) is 6.54.